The third kappa shape index (κ3) is 6.11. The van der Waals surface area contributed by atoms with E-state index >= 15 is 0 Å². The summed E-state index contributed by atoms with van der Waals surface area (Å²) < 4.78 is 4.99. The molecule has 0 saturated heterocycles. The highest BCUT2D eigenvalue weighted by Crippen LogP contribution is 2.07. The molecule has 2 aromatic rings. The summed E-state index contributed by atoms with van der Waals surface area (Å²) in [5.41, 5.74) is 1.84. The van der Waals surface area contributed by atoms with Gasteiger partial charge >= 0.3 is 5.97 Å². The fourth-order valence-corrected chi connectivity index (χ4v) is 2.35. The highest BCUT2D eigenvalue weighted by molar-refractivity contribution is 5.91. The number of carbonyl (C=O) groups is 2. The summed E-state index contributed by atoms with van der Waals surface area (Å²) in [5.74, 6) is -0.963. The number of nitriles is 1. The molecule has 1 amide bonds. The fourth-order valence-electron chi connectivity index (χ4n) is 2.35. The first kappa shape index (κ1) is 18.2. The molecular formula is C20H20N2O3. The topological polar surface area (TPSA) is 79.2 Å². The lowest BCUT2D eigenvalue weighted by Gasteiger charge is -2.14. The zero-order valence-corrected chi connectivity index (χ0v) is 14.1. The number of aryl methyl sites for hydroxylation is 1. The second-order valence-electron chi connectivity index (χ2n) is 5.76. The van der Waals surface area contributed by atoms with Crippen molar-refractivity contribution in [3.8, 4) is 6.07 Å². The van der Waals surface area contributed by atoms with Crippen LogP contribution in [0.3, 0.4) is 0 Å². The lowest BCUT2D eigenvalue weighted by Crippen LogP contribution is -2.36. The Labute approximate surface area is 147 Å². The van der Waals surface area contributed by atoms with E-state index in [1.807, 2.05) is 43.3 Å². The van der Waals surface area contributed by atoms with Crippen LogP contribution in [-0.2, 0) is 16.0 Å². The molecule has 2 aromatic carbocycles. The zero-order valence-electron chi connectivity index (χ0n) is 14.1. The first-order chi connectivity index (χ1) is 12.1. The second-order valence-corrected chi connectivity index (χ2v) is 5.76. The summed E-state index contributed by atoms with van der Waals surface area (Å²) in [6.07, 6.45) is 1.66. The first-order valence-electron chi connectivity index (χ1n) is 8.09. The Hall–Kier alpha value is -3.13. The van der Waals surface area contributed by atoms with Crippen molar-refractivity contribution in [3.63, 3.8) is 0 Å². The number of benzene rings is 2. The Balaban J connectivity index is 1.74. The predicted octanol–water partition coefficient (Wildman–Crippen LogP) is 2.85. The SMILES string of the molecule is C[C@H](CCc1ccccc1)NC(=O)COC(=O)c1cccc(C#N)c1. The number of ether oxygens (including phenoxy) is 1. The lowest BCUT2D eigenvalue weighted by molar-refractivity contribution is -0.124. The average Bonchev–Trinajstić information content (AvgIpc) is 2.65. The van der Waals surface area contributed by atoms with E-state index in [1.54, 1.807) is 18.2 Å². The largest absolute Gasteiger partial charge is 0.452 e. The molecule has 0 heterocycles. The summed E-state index contributed by atoms with van der Waals surface area (Å²) >= 11 is 0. The monoisotopic (exact) mass is 336 g/mol. The third-order valence-corrected chi connectivity index (χ3v) is 3.68. The minimum atomic E-state index is -0.621. The molecule has 0 aliphatic heterocycles. The van der Waals surface area contributed by atoms with E-state index < -0.39 is 5.97 Å². The third-order valence-electron chi connectivity index (χ3n) is 3.68. The molecule has 0 bridgehead atoms. The smallest absolute Gasteiger partial charge is 0.338 e. The molecule has 0 aromatic heterocycles. The van der Waals surface area contributed by atoms with Crippen LogP contribution in [0.15, 0.2) is 54.6 Å². The van der Waals surface area contributed by atoms with E-state index in [9.17, 15) is 9.59 Å². The summed E-state index contributed by atoms with van der Waals surface area (Å²) in [6, 6.07) is 18.1. The van der Waals surface area contributed by atoms with Gasteiger partial charge < -0.3 is 10.1 Å². The molecule has 128 valence electrons. The molecule has 25 heavy (non-hydrogen) atoms. The minimum absolute atomic E-state index is 0.0201. The summed E-state index contributed by atoms with van der Waals surface area (Å²) in [7, 11) is 0. The van der Waals surface area contributed by atoms with E-state index in [0.717, 1.165) is 12.8 Å². The van der Waals surface area contributed by atoms with Crippen molar-refractivity contribution in [2.45, 2.75) is 25.8 Å². The Morgan fingerprint density at radius 1 is 1.16 bits per heavy atom. The van der Waals surface area contributed by atoms with Gasteiger partial charge in [-0.1, -0.05) is 36.4 Å². The van der Waals surface area contributed by atoms with Crippen molar-refractivity contribution in [3.05, 3.63) is 71.3 Å². The Morgan fingerprint density at radius 3 is 2.64 bits per heavy atom. The van der Waals surface area contributed by atoms with E-state index in [-0.39, 0.29) is 24.1 Å². The molecule has 0 unspecified atom stereocenters. The minimum Gasteiger partial charge on any atom is -0.452 e. The molecule has 5 nitrogen and oxygen atoms in total. The number of carbonyl (C=O) groups excluding carboxylic acids is 2. The highest BCUT2D eigenvalue weighted by Gasteiger charge is 2.12. The summed E-state index contributed by atoms with van der Waals surface area (Å²) in [4.78, 5) is 23.8. The molecule has 1 N–H and O–H groups in total. The lowest BCUT2D eigenvalue weighted by atomic mass is 10.1. The maximum atomic E-state index is 11.9. The molecule has 0 aliphatic rings. The van der Waals surface area contributed by atoms with Gasteiger partial charge in [-0.05, 0) is 43.5 Å². The Bertz CT molecular complexity index is 766. The van der Waals surface area contributed by atoms with Crippen LogP contribution in [-0.4, -0.2) is 24.5 Å². The number of rotatable bonds is 7. The van der Waals surface area contributed by atoms with Crippen LogP contribution >= 0.6 is 0 Å². The Morgan fingerprint density at radius 2 is 1.92 bits per heavy atom. The van der Waals surface area contributed by atoms with Gasteiger partial charge in [0.05, 0.1) is 17.2 Å². The van der Waals surface area contributed by atoms with Gasteiger partial charge in [-0.2, -0.15) is 5.26 Å². The van der Waals surface area contributed by atoms with Crippen molar-refractivity contribution < 1.29 is 14.3 Å². The average molecular weight is 336 g/mol. The van der Waals surface area contributed by atoms with Crippen LogP contribution in [0.2, 0.25) is 0 Å². The van der Waals surface area contributed by atoms with Crippen LogP contribution < -0.4 is 5.32 Å². The first-order valence-corrected chi connectivity index (χ1v) is 8.09. The quantitative estimate of drug-likeness (QED) is 0.789. The number of nitrogens with zero attached hydrogens (tertiary/aromatic N) is 1. The number of hydrogen-bond acceptors (Lipinski definition) is 4. The molecule has 5 heteroatoms. The zero-order chi connectivity index (χ0) is 18.1. The molecule has 1 atom stereocenters. The normalized spacial score (nSPS) is 11.2. The van der Waals surface area contributed by atoms with Crippen molar-refractivity contribution in [1.29, 1.82) is 5.26 Å². The molecule has 0 radical (unpaired) electrons. The van der Waals surface area contributed by atoms with Crippen LogP contribution in [0.4, 0.5) is 0 Å². The van der Waals surface area contributed by atoms with Gasteiger partial charge in [0.1, 0.15) is 0 Å². The number of nitrogens with one attached hydrogen (secondary N) is 1. The Kier molecular flexibility index (Phi) is 6.73. The molecule has 2 rings (SSSR count). The van der Waals surface area contributed by atoms with E-state index in [1.165, 1.54) is 11.6 Å². The van der Waals surface area contributed by atoms with Crippen LogP contribution in [0.1, 0.15) is 34.8 Å². The molecule has 0 spiro atoms. The predicted molar refractivity (Wildman–Crippen MR) is 93.8 cm³/mol. The van der Waals surface area contributed by atoms with Crippen LogP contribution in [0.25, 0.3) is 0 Å². The van der Waals surface area contributed by atoms with Gasteiger partial charge in [0.25, 0.3) is 5.91 Å². The number of hydrogen-bond donors (Lipinski definition) is 1. The van der Waals surface area contributed by atoms with Crippen LogP contribution in [0.5, 0.6) is 0 Å². The standard InChI is InChI=1S/C20H20N2O3/c1-15(10-11-16-6-3-2-4-7-16)22-19(23)14-25-20(24)18-9-5-8-17(12-18)13-21/h2-9,12,15H,10-11,14H2,1H3,(H,22,23)/t15-/m1/s1. The fraction of sp³-hybridized carbons (Fsp3) is 0.250. The van der Waals surface area contributed by atoms with Crippen LogP contribution in [0, 0.1) is 11.3 Å². The van der Waals surface area contributed by atoms with E-state index in [0.29, 0.717) is 5.56 Å². The maximum absolute atomic E-state index is 11.9. The summed E-state index contributed by atoms with van der Waals surface area (Å²) in [6.45, 7) is 1.57. The summed E-state index contributed by atoms with van der Waals surface area (Å²) in [5, 5.41) is 11.6. The maximum Gasteiger partial charge on any atom is 0.338 e. The number of esters is 1. The van der Waals surface area contributed by atoms with Gasteiger partial charge in [-0.15, -0.1) is 0 Å². The molecule has 0 aliphatic carbocycles. The molecule has 0 fully saturated rings. The van der Waals surface area contributed by atoms with E-state index in [2.05, 4.69) is 5.32 Å². The molecule has 0 saturated carbocycles. The van der Waals surface area contributed by atoms with Gasteiger partial charge in [0.2, 0.25) is 0 Å². The van der Waals surface area contributed by atoms with Gasteiger partial charge in [0.15, 0.2) is 6.61 Å². The van der Waals surface area contributed by atoms with Gasteiger partial charge in [0, 0.05) is 6.04 Å². The second kappa shape index (κ2) is 9.24. The van der Waals surface area contributed by atoms with Crippen molar-refractivity contribution >= 4 is 11.9 Å². The van der Waals surface area contributed by atoms with Gasteiger partial charge in [-0.25, -0.2) is 4.79 Å². The van der Waals surface area contributed by atoms with Crippen molar-refractivity contribution in [2.75, 3.05) is 6.61 Å². The van der Waals surface area contributed by atoms with Gasteiger partial charge in [-0.3, -0.25) is 4.79 Å². The van der Waals surface area contributed by atoms with Crippen molar-refractivity contribution in [1.82, 2.24) is 5.32 Å². The van der Waals surface area contributed by atoms with E-state index in [4.69, 9.17) is 10.00 Å². The highest BCUT2D eigenvalue weighted by atomic mass is 16.5. The number of amides is 1. The van der Waals surface area contributed by atoms with Crippen molar-refractivity contribution in [2.24, 2.45) is 0 Å². The molecular weight excluding hydrogens is 316 g/mol.